The number of likely N-dealkylation sites (tertiary alicyclic amines) is 1. The van der Waals surface area contributed by atoms with Gasteiger partial charge in [-0.2, -0.15) is 13.2 Å². The molecule has 4 aromatic carbocycles. The van der Waals surface area contributed by atoms with Crippen LogP contribution in [-0.4, -0.2) is 105 Å². The second-order valence-electron chi connectivity index (χ2n) is 16.0. The number of nitrogens with one attached hydrogen (secondary N) is 2. The van der Waals surface area contributed by atoms with E-state index in [0.717, 1.165) is 59.6 Å². The van der Waals surface area contributed by atoms with Crippen molar-refractivity contribution in [2.24, 2.45) is 0 Å². The molecule has 63 heavy (non-hydrogen) atoms. The second kappa shape index (κ2) is 19.8. The van der Waals surface area contributed by atoms with Crippen LogP contribution in [0.5, 0.6) is 0 Å². The van der Waals surface area contributed by atoms with Gasteiger partial charge in [-0.05, 0) is 131 Å². The summed E-state index contributed by atoms with van der Waals surface area (Å²) < 4.78 is 113. The highest BCUT2D eigenvalue weighted by Gasteiger charge is 2.48. The molecular formula is C44H48ClF4N7O4S3. The number of rotatable bonds is 16. The van der Waals surface area contributed by atoms with Crippen LogP contribution < -0.4 is 10.0 Å². The van der Waals surface area contributed by atoms with Crippen LogP contribution in [0.2, 0.25) is 5.02 Å². The topological polar surface area (TPSA) is 128 Å². The highest BCUT2D eigenvalue weighted by molar-refractivity contribution is 7.99. The van der Waals surface area contributed by atoms with Crippen molar-refractivity contribution in [3.63, 3.8) is 0 Å². The molecule has 0 radical (unpaired) electrons. The first-order chi connectivity index (χ1) is 30.0. The van der Waals surface area contributed by atoms with Gasteiger partial charge in [-0.3, -0.25) is 14.5 Å². The van der Waals surface area contributed by atoms with Gasteiger partial charge in [-0.25, -0.2) is 31.2 Å². The molecule has 0 bridgehead atoms. The summed E-state index contributed by atoms with van der Waals surface area (Å²) in [6.07, 6.45) is 3.83. The van der Waals surface area contributed by atoms with Gasteiger partial charge in [0.15, 0.2) is 0 Å². The number of nitrogens with zero attached hydrogens (tertiary/aromatic N) is 5. The third-order valence-electron chi connectivity index (χ3n) is 11.3. The maximum Gasteiger partial charge on any atom is 0.501 e. The Bertz CT molecular complexity index is 2600. The molecule has 2 aliphatic heterocycles. The lowest BCUT2D eigenvalue weighted by atomic mass is 9.96. The molecule has 1 unspecified atom stereocenters. The number of fused-ring (bicyclic) bond motifs is 1. The highest BCUT2D eigenvalue weighted by Crippen LogP contribution is 2.38. The summed E-state index contributed by atoms with van der Waals surface area (Å²) >= 11 is 7.55. The normalized spacial score (nSPS) is 16.2. The number of hydrogen-bond donors (Lipinski definition) is 2. The Hall–Kier alpha value is -4.30. The lowest BCUT2D eigenvalue weighted by Gasteiger charge is -2.40. The van der Waals surface area contributed by atoms with E-state index in [-0.39, 0.29) is 23.4 Å². The SMILES string of the molecule is CN(C)CCC(CSc1ccccc1)Nc1ccc(S(=O)(=O)Nc2ncnc3c2CCN(C2CCN(Cc4ccc(F)cc4-c4ccc(Cl)cc4)CC2)C3)cc1S(=O)(=O)C(F)(F)F. The van der Waals surface area contributed by atoms with Crippen molar-refractivity contribution >= 4 is 54.7 Å². The van der Waals surface area contributed by atoms with Gasteiger partial charge in [-0.1, -0.05) is 48.0 Å². The molecule has 0 amide bonds. The third-order valence-corrected chi connectivity index (χ3v) is 15.6. The number of hydrogen-bond acceptors (Lipinski definition) is 11. The van der Waals surface area contributed by atoms with Gasteiger partial charge in [0, 0.05) is 53.0 Å². The van der Waals surface area contributed by atoms with Crippen LogP contribution in [0.25, 0.3) is 11.1 Å². The molecule has 336 valence electrons. The predicted molar refractivity (Wildman–Crippen MR) is 240 cm³/mol. The van der Waals surface area contributed by atoms with Gasteiger partial charge < -0.3 is 10.2 Å². The van der Waals surface area contributed by atoms with E-state index >= 15 is 0 Å². The van der Waals surface area contributed by atoms with Gasteiger partial charge in [0.1, 0.15) is 22.9 Å². The first kappa shape index (κ1) is 46.7. The molecule has 2 aliphatic rings. The number of thioether (sulfide) groups is 1. The Kier molecular flexibility index (Phi) is 14.7. The molecule has 3 heterocycles. The van der Waals surface area contributed by atoms with E-state index in [4.69, 9.17) is 11.6 Å². The van der Waals surface area contributed by atoms with Gasteiger partial charge in [0.2, 0.25) is 0 Å². The van der Waals surface area contributed by atoms with Crippen LogP contribution in [-0.2, 0) is 39.4 Å². The molecular weight excluding hydrogens is 898 g/mol. The van der Waals surface area contributed by atoms with Crippen LogP contribution in [0.3, 0.4) is 0 Å². The standard InChI is InChI=1S/C44H48ClF4N7O4S3/c1-54(2)20-16-34(28-61-36-6-4-3-5-7-36)52-40-15-14-37(25-42(40)62(57,58)44(47,48)49)63(59,60)53-43-38-19-23-56(27-41(38)50-29-51-43)35-17-21-55(22-18-35)26-31-10-13-33(46)24-39(31)30-8-11-32(45)12-9-30/h3-15,24-25,29,34-35,52H,16-23,26-28H2,1-2H3,(H,50,51,53). The molecule has 2 N–H and O–H groups in total. The molecule has 0 aliphatic carbocycles. The summed E-state index contributed by atoms with van der Waals surface area (Å²) in [5.41, 5.74) is -2.16. The van der Waals surface area contributed by atoms with Crippen molar-refractivity contribution in [3.05, 3.63) is 125 Å². The highest BCUT2D eigenvalue weighted by atomic mass is 35.5. The van der Waals surface area contributed by atoms with Gasteiger partial charge in [0.25, 0.3) is 19.9 Å². The lowest BCUT2D eigenvalue weighted by molar-refractivity contribution is -0.0435. The fraction of sp³-hybridized carbons (Fsp3) is 0.364. The summed E-state index contributed by atoms with van der Waals surface area (Å²) in [5, 5.41) is 3.60. The molecule has 1 fully saturated rings. The van der Waals surface area contributed by atoms with E-state index < -0.39 is 41.2 Å². The molecule has 1 atom stereocenters. The summed E-state index contributed by atoms with van der Waals surface area (Å²) in [5.74, 6) is 0.0634. The van der Waals surface area contributed by atoms with Crippen molar-refractivity contribution in [2.75, 3.05) is 56.1 Å². The Morgan fingerprint density at radius 2 is 1.65 bits per heavy atom. The molecule has 1 saturated heterocycles. The number of piperidine rings is 1. The Morgan fingerprint density at radius 3 is 2.35 bits per heavy atom. The molecule has 11 nitrogen and oxygen atoms in total. The van der Waals surface area contributed by atoms with Crippen molar-refractivity contribution in [1.29, 1.82) is 0 Å². The summed E-state index contributed by atoms with van der Waals surface area (Å²) in [4.78, 5) is 14.3. The zero-order chi connectivity index (χ0) is 44.9. The minimum Gasteiger partial charge on any atom is -0.380 e. The van der Waals surface area contributed by atoms with Crippen LogP contribution >= 0.6 is 23.4 Å². The molecule has 0 spiro atoms. The summed E-state index contributed by atoms with van der Waals surface area (Å²) in [6, 6.07) is 24.0. The zero-order valence-electron chi connectivity index (χ0n) is 34.7. The van der Waals surface area contributed by atoms with Gasteiger partial charge in [-0.15, -0.1) is 11.8 Å². The molecule has 1 aromatic heterocycles. The fourth-order valence-electron chi connectivity index (χ4n) is 7.91. The largest absolute Gasteiger partial charge is 0.501 e. The van der Waals surface area contributed by atoms with Crippen molar-refractivity contribution in [1.82, 2.24) is 24.7 Å². The number of anilines is 2. The number of benzene rings is 4. The third kappa shape index (κ3) is 11.5. The Balaban J connectivity index is 1.04. The maximum atomic E-state index is 14.3. The van der Waals surface area contributed by atoms with Crippen LogP contribution in [0.15, 0.2) is 112 Å². The number of halogens is 5. The van der Waals surface area contributed by atoms with E-state index in [9.17, 15) is 34.4 Å². The lowest BCUT2D eigenvalue weighted by Crippen LogP contribution is -2.46. The van der Waals surface area contributed by atoms with Crippen LogP contribution in [0, 0.1) is 5.82 Å². The van der Waals surface area contributed by atoms with E-state index in [1.54, 1.807) is 18.2 Å². The molecule has 7 rings (SSSR count). The summed E-state index contributed by atoms with van der Waals surface area (Å²) in [6.45, 7) is 3.84. The predicted octanol–water partition coefficient (Wildman–Crippen LogP) is 8.58. The first-order valence-corrected chi connectivity index (χ1v) is 24.7. The maximum absolute atomic E-state index is 14.3. The van der Waals surface area contributed by atoms with Gasteiger partial charge in [0.05, 0.1) is 16.3 Å². The minimum absolute atomic E-state index is 0.0191. The monoisotopic (exact) mass is 945 g/mol. The number of aromatic nitrogens is 2. The van der Waals surface area contributed by atoms with Crippen molar-refractivity contribution in [2.45, 2.75) is 71.1 Å². The van der Waals surface area contributed by atoms with E-state index in [1.807, 2.05) is 67.5 Å². The summed E-state index contributed by atoms with van der Waals surface area (Å²) in [7, 11) is -6.94. The second-order valence-corrected chi connectivity index (χ2v) is 21.1. The van der Waals surface area contributed by atoms with Gasteiger partial charge >= 0.3 is 5.51 Å². The van der Waals surface area contributed by atoms with E-state index in [0.29, 0.717) is 67.1 Å². The Labute approximate surface area is 375 Å². The Morgan fingerprint density at radius 1 is 0.921 bits per heavy atom. The smallest absolute Gasteiger partial charge is 0.380 e. The van der Waals surface area contributed by atoms with Crippen molar-refractivity contribution < 1.29 is 34.4 Å². The fourth-order valence-corrected chi connectivity index (χ4v) is 11.1. The molecule has 5 aromatic rings. The minimum atomic E-state index is -6.00. The van der Waals surface area contributed by atoms with Crippen LogP contribution in [0.1, 0.15) is 36.1 Å². The molecule has 0 saturated carbocycles. The molecule has 19 heteroatoms. The average molecular weight is 947 g/mol. The van der Waals surface area contributed by atoms with E-state index in [1.165, 1.54) is 24.2 Å². The first-order valence-electron chi connectivity index (χ1n) is 20.4. The number of sulfone groups is 1. The zero-order valence-corrected chi connectivity index (χ0v) is 37.9. The quantitative estimate of drug-likeness (QED) is 0.0730. The van der Waals surface area contributed by atoms with Crippen LogP contribution in [0.4, 0.5) is 29.1 Å². The number of alkyl halides is 3. The number of sulfonamides is 1. The average Bonchev–Trinajstić information content (AvgIpc) is 3.25. The van der Waals surface area contributed by atoms with E-state index in [2.05, 4.69) is 29.8 Å². The van der Waals surface area contributed by atoms with Crippen molar-refractivity contribution in [3.8, 4) is 11.1 Å².